The van der Waals surface area contributed by atoms with Gasteiger partial charge in [0.05, 0.1) is 0 Å². The summed E-state index contributed by atoms with van der Waals surface area (Å²) in [5.74, 6) is 0. The van der Waals surface area contributed by atoms with Crippen molar-refractivity contribution >= 4 is 36.1 Å². The molecule has 0 spiro atoms. The van der Waals surface area contributed by atoms with Gasteiger partial charge in [0.2, 0.25) is 0 Å². The van der Waals surface area contributed by atoms with E-state index in [0.717, 1.165) is 21.7 Å². The zero-order chi connectivity index (χ0) is 11.5. The van der Waals surface area contributed by atoms with Crippen LogP contribution in [0.2, 0.25) is 0 Å². The number of hydrogen-bond acceptors (Lipinski definition) is 4. The van der Waals surface area contributed by atoms with Crippen molar-refractivity contribution in [3.63, 3.8) is 0 Å². The number of nitrogen functional groups attached to an aromatic ring is 1. The van der Waals surface area contributed by atoms with Gasteiger partial charge in [-0.1, -0.05) is 36.4 Å². The van der Waals surface area contributed by atoms with E-state index in [1.165, 1.54) is 0 Å². The highest BCUT2D eigenvalue weighted by atomic mass is 33.1. The van der Waals surface area contributed by atoms with Crippen LogP contribution >= 0.6 is 0 Å². The fraction of sp³-hybridized carbons (Fsp3) is 0. The van der Waals surface area contributed by atoms with E-state index in [1.807, 2.05) is 48.5 Å². The van der Waals surface area contributed by atoms with Gasteiger partial charge >= 0.3 is 0 Å². The third kappa shape index (κ3) is 2.40. The molecule has 82 valence electrons. The van der Waals surface area contributed by atoms with E-state index in [9.17, 15) is 0 Å². The maximum absolute atomic E-state index is 5.80. The summed E-state index contributed by atoms with van der Waals surface area (Å²) in [4.78, 5) is 1.01. The number of hydrogen-bond donors (Lipinski definition) is 1. The van der Waals surface area contributed by atoms with Crippen LogP contribution in [0.5, 0.6) is 0 Å². The molecule has 0 fully saturated rings. The van der Waals surface area contributed by atoms with E-state index < -0.39 is 8.01 Å². The van der Waals surface area contributed by atoms with Crippen molar-refractivity contribution in [2.24, 2.45) is 0 Å². The largest absolute Gasteiger partial charge is 0.399 e. The van der Waals surface area contributed by atoms with Crippen molar-refractivity contribution in [3.05, 3.63) is 48.5 Å². The summed E-state index contributed by atoms with van der Waals surface area (Å²) in [6, 6.07) is 15.8. The smallest absolute Gasteiger partial charge is 0.0319 e. The predicted octanol–water partition coefficient (Wildman–Crippen LogP) is 2.84. The van der Waals surface area contributed by atoms with Crippen LogP contribution in [-0.4, -0.2) is 0 Å². The van der Waals surface area contributed by atoms with Crippen molar-refractivity contribution in [3.8, 4) is 11.1 Å². The molecule has 0 bridgehead atoms. The van der Waals surface area contributed by atoms with Crippen LogP contribution in [0.15, 0.2) is 53.4 Å². The van der Waals surface area contributed by atoms with Gasteiger partial charge in [-0.15, -0.1) is 4.90 Å². The van der Waals surface area contributed by atoms with Crippen LogP contribution < -0.4 is 5.73 Å². The Morgan fingerprint density at radius 1 is 0.938 bits per heavy atom. The molecule has 0 saturated heterocycles. The standard InChI is InChI=1S/C12H10NS3/c13-10-6-7-12(16(14)15)11(8-10)9-4-2-1-3-5-9/h1-8H,13H2/q-1. The Kier molecular flexibility index (Phi) is 3.53. The minimum absolute atomic E-state index is 0.588. The maximum Gasteiger partial charge on any atom is 0.0319 e. The molecule has 0 amide bonds. The van der Waals surface area contributed by atoms with Crippen LogP contribution in [-0.2, 0) is 30.4 Å². The molecule has 4 heteroatoms. The molecule has 0 aliphatic carbocycles. The SMILES string of the molecule is Nc1ccc([S-](=S)=S)c(-c2ccccc2)c1. The molecule has 2 rings (SSSR count). The Morgan fingerprint density at radius 2 is 1.62 bits per heavy atom. The van der Waals surface area contributed by atoms with E-state index in [-0.39, 0.29) is 0 Å². The Labute approximate surface area is 106 Å². The summed E-state index contributed by atoms with van der Waals surface area (Å²) < 4.78 is 0. The van der Waals surface area contributed by atoms with Gasteiger partial charge in [-0.3, -0.25) is 22.4 Å². The molecule has 0 aliphatic rings. The summed E-state index contributed by atoms with van der Waals surface area (Å²) in [7, 11) is -0.588. The first-order chi connectivity index (χ1) is 7.68. The normalized spacial score (nSPS) is 10.6. The Balaban J connectivity index is 2.68. The minimum atomic E-state index is -0.588. The first-order valence-electron chi connectivity index (χ1n) is 4.72. The fourth-order valence-electron chi connectivity index (χ4n) is 1.54. The molecular weight excluding hydrogens is 254 g/mol. The third-order valence-electron chi connectivity index (χ3n) is 2.27. The summed E-state index contributed by atoms with van der Waals surface area (Å²) in [5, 5.41) is 0. The van der Waals surface area contributed by atoms with E-state index >= 15 is 0 Å². The topological polar surface area (TPSA) is 26.0 Å². The summed E-state index contributed by atoms with van der Waals surface area (Å²) in [6.07, 6.45) is 0. The van der Waals surface area contributed by atoms with Gasteiger partial charge in [0.15, 0.2) is 0 Å². The summed E-state index contributed by atoms with van der Waals surface area (Å²) in [6.45, 7) is 0. The van der Waals surface area contributed by atoms with Gasteiger partial charge in [-0.25, -0.2) is 0 Å². The Morgan fingerprint density at radius 3 is 2.25 bits per heavy atom. The molecule has 0 atom stereocenters. The highest BCUT2D eigenvalue weighted by Crippen LogP contribution is 2.26. The van der Waals surface area contributed by atoms with Crippen molar-refractivity contribution < 1.29 is 0 Å². The molecule has 0 saturated carbocycles. The van der Waals surface area contributed by atoms with E-state index in [2.05, 4.69) is 0 Å². The summed E-state index contributed by atoms with van der Waals surface area (Å²) >= 11 is 10.4. The quantitative estimate of drug-likeness (QED) is 0.667. The lowest BCUT2D eigenvalue weighted by Gasteiger charge is -2.14. The first kappa shape index (κ1) is 11.5. The van der Waals surface area contributed by atoms with E-state index in [1.54, 1.807) is 0 Å². The lowest BCUT2D eigenvalue weighted by Crippen LogP contribution is -1.90. The van der Waals surface area contributed by atoms with Gasteiger partial charge in [0.1, 0.15) is 0 Å². The van der Waals surface area contributed by atoms with Crippen molar-refractivity contribution in [2.45, 2.75) is 4.90 Å². The number of rotatable bonds is 2. The summed E-state index contributed by atoms with van der Waals surface area (Å²) in [5.41, 5.74) is 8.69. The highest BCUT2D eigenvalue weighted by molar-refractivity contribution is 8.46. The molecular formula is C12H10NS3-. The molecule has 1 nitrogen and oxygen atoms in total. The van der Waals surface area contributed by atoms with E-state index in [0.29, 0.717) is 0 Å². The van der Waals surface area contributed by atoms with Crippen molar-refractivity contribution in [1.82, 2.24) is 0 Å². The Hall–Kier alpha value is -0.970. The van der Waals surface area contributed by atoms with Crippen LogP contribution in [0.25, 0.3) is 11.1 Å². The second-order valence-electron chi connectivity index (χ2n) is 3.36. The van der Waals surface area contributed by atoms with Crippen molar-refractivity contribution in [2.75, 3.05) is 5.73 Å². The zero-order valence-corrected chi connectivity index (χ0v) is 10.9. The van der Waals surface area contributed by atoms with Gasteiger partial charge < -0.3 is 13.7 Å². The van der Waals surface area contributed by atoms with Crippen LogP contribution in [0.4, 0.5) is 5.69 Å². The molecule has 16 heavy (non-hydrogen) atoms. The Bertz CT molecular complexity index is 566. The molecule has 2 aromatic carbocycles. The molecule has 0 aliphatic heterocycles. The van der Waals surface area contributed by atoms with E-state index in [4.69, 9.17) is 28.1 Å². The second kappa shape index (κ2) is 4.91. The average molecular weight is 264 g/mol. The maximum atomic E-state index is 5.80. The van der Waals surface area contributed by atoms with Crippen molar-refractivity contribution in [1.29, 1.82) is 0 Å². The van der Waals surface area contributed by atoms with Gasteiger partial charge in [0.25, 0.3) is 0 Å². The first-order valence-corrected chi connectivity index (χ1v) is 7.80. The lowest BCUT2D eigenvalue weighted by atomic mass is 10.1. The molecule has 0 aromatic heterocycles. The third-order valence-corrected chi connectivity index (χ3v) is 4.06. The minimum Gasteiger partial charge on any atom is -0.399 e. The molecule has 0 radical (unpaired) electrons. The van der Waals surface area contributed by atoms with Crippen LogP contribution in [0.3, 0.4) is 0 Å². The molecule has 0 heterocycles. The monoisotopic (exact) mass is 264 g/mol. The van der Waals surface area contributed by atoms with Crippen LogP contribution in [0, 0.1) is 0 Å². The fourth-order valence-corrected chi connectivity index (χ4v) is 2.94. The second-order valence-corrected chi connectivity index (χ2v) is 6.90. The number of nitrogens with two attached hydrogens (primary N) is 1. The zero-order valence-electron chi connectivity index (χ0n) is 8.42. The van der Waals surface area contributed by atoms with Gasteiger partial charge in [0, 0.05) is 5.69 Å². The number of anilines is 1. The van der Waals surface area contributed by atoms with Gasteiger partial charge in [-0.2, -0.15) is 0 Å². The van der Waals surface area contributed by atoms with Gasteiger partial charge in [-0.05, 0) is 23.3 Å². The van der Waals surface area contributed by atoms with Crippen LogP contribution in [0.1, 0.15) is 0 Å². The predicted molar refractivity (Wildman–Crippen MR) is 76.7 cm³/mol. The molecule has 0 unspecified atom stereocenters. The molecule has 2 N–H and O–H groups in total. The molecule has 2 aromatic rings. The highest BCUT2D eigenvalue weighted by Gasteiger charge is 1.99. The lowest BCUT2D eigenvalue weighted by molar-refractivity contribution is 1.45. The average Bonchev–Trinajstić information content (AvgIpc) is 2.29. The number of benzene rings is 2.